The maximum atomic E-state index is 11.5. The molecule has 0 spiro atoms. The van der Waals surface area contributed by atoms with Gasteiger partial charge in [-0.2, -0.15) is 0 Å². The zero-order valence-electron chi connectivity index (χ0n) is 11.6. The van der Waals surface area contributed by atoms with Crippen molar-refractivity contribution in [3.63, 3.8) is 0 Å². The average molecular weight is 303 g/mol. The number of rotatable bonds is 5. The van der Waals surface area contributed by atoms with Crippen molar-refractivity contribution in [3.05, 3.63) is 35.9 Å². The highest BCUT2D eigenvalue weighted by Crippen LogP contribution is 2.33. The first kappa shape index (κ1) is 16.1. The van der Waals surface area contributed by atoms with Crippen molar-refractivity contribution in [2.45, 2.75) is 44.6 Å². The molecule has 0 aromatic heterocycles. The third-order valence-corrected chi connectivity index (χ3v) is 4.30. The van der Waals surface area contributed by atoms with Crippen LogP contribution in [0.5, 0.6) is 5.75 Å². The van der Waals surface area contributed by atoms with E-state index >= 15 is 0 Å². The topological polar surface area (TPSA) is 43.4 Å². The predicted molar refractivity (Wildman–Crippen MR) is 78.6 cm³/mol. The van der Waals surface area contributed by atoms with Crippen molar-refractivity contribution in [2.75, 3.05) is 0 Å². The summed E-state index contributed by atoms with van der Waals surface area (Å²) in [6.45, 7) is 11.2. The lowest BCUT2D eigenvalue weighted by molar-refractivity contribution is 0.266. The lowest BCUT2D eigenvalue weighted by Crippen LogP contribution is -2.10. The Hall–Kier alpha value is -1.00. The Balaban J connectivity index is 3.42. The Morgan fingerprint density at radius 1 is 1.32 bits per heavy atom. The molecule has 0 aliphatic heterocycles. The van der Waals surface area contributed by atoms with Gasteiger partial charge in [0.15, 0.2) is 0 Å². The number of hydrogen-bond donors (Lipinski definition) is 0. The molecule has 19 heavy (non-hydrogen) atoms. The average Bonchev–Trinajstić information content (AvgIpc) is 2.26. The number of benzene rings is 1. The fourth-order valence-corrected chi connectivity index (χ4v) is 2.95. The van der Waals surface area contributed by atoms with E-state index in [1.165, 1.54) is 0 Å². The molecule has 106 valence electrons. The largest absolute Gasteiger partial charge is 0.486 e. The predicted octanol–water partition coefficient (Wildman–Crippen LogP) is 4.00. The Bertz CT molecular complexity index is 577. The first-order valence-electron chi connectivity index (χ1n) is 6.05. The molecule has 0 N–H and O–H groups in total. The van der Waals surface area contributed by atoms with E-state index in [1.807, 2.05) is 20.8 Å². The summed E-state index contributed by atoms with van der Waals surface area (Å²) < 4.78 is 28.8. The standard InChI is InChI=1S/C14H19ClO3S/c1-6-11(5)18-13-7-10(4)14(19(15,16)17)8-12(13)9(2)3/h6-9,11H,1H2,2-5H3. The van der Waals surface area contributed by atoms with Crippen molar-refractivity contribution in [1.29, 1.82) is 0 Å². The highest BCUT2D eigenvalue weighted by molar-refractivity contribution is 8.13. The van der Waals surface area contributed by atoms with Crippen LogP contribution in [0.15, 0.2) is 29.7 Å². The molecule has 0 amide bonds. The molecule has 0 heterocycles. The molecule has 1 rings (SSSR count). The molecule has 0 saturated carbocycles. The molecule has 3 nitrogen and oxygen atoms in total. The molecule has 5 heteroatoms. The molecular formula is C14H19ClO3S. The Morgan fingerprint density at radius 3 is 2.32 bits per heavy atom. The summed E-state index contributed by atoms with van der Waals surface area (Å²) in [5.74, 6) is 0.800. The van der Waals surface area contributed by atoms with Gasteiger partial charge >= 0.3 is 0 Å². The van der Waals surface area contributed by atoms with Crippen LogP contribution in [-0.2, 0) is 9.05 Å². The van der Waals surface area contributed by atoms with Crippen molar-refractivity contribution in [3.8, 4) is 5.75 Å². The zero-order chi connectivity index (χ0) is 14.8. The summed E-state index contributed by atoms with van der Waals surface area (Å²) in [7, 11) is 1.70. The summed E-state index contributed by atoms with van der Waals surface area (Å²) in [5.41, 5.74) is 1.39. The second-order valence-electron chi connectivity index (χ2n) is 4.81. The van der Waals surface area contributed by atoms with E-state index in [1.54, 1.807) is 25.1 Å². The molecule has 0 saturated heterocycles. The van der Waals surface area contributed by atoms with E-state index < -0.39 is 9.05 Å². The van der Waals surface area contributed by atoms with Crippen LogP contribution in [0.25, 0.3) is 0 Å². The van der Waals surface area contributed by atoms with Crippen LogP contribution in [0.4, 0.5) is 0 Å². The highest BCUT2D eigenvalue weighted by atomic mass is 35.7. The van der Waals surface area contributed by atoms with Crippen molar-refractivity contribution >= 4 is 19.7 Å². The fourth-order valence-electron chi connectivity index (χ4n) is 1.74. The van der Waals surface area contributed by atoms with E-state index in [0.29, 0.717) is 11.3 Å². The second kappa shape index (κ2) is 5.97. The molecule has 1 aromatic carbocycles. The van der Waals surface area contributed by atoms with Gasteiger partial charge in [0.25, 0.3) is 9.05 Å². The number of hydrogen-bond acceptors (Lipinski definition) is 3. The molecular weight excluding hydrogens is 284 g/mol. The monoisotopic (exact) mass is 302 g/mol. The van der Waals surface area contributed by atoms with Gasteiger partial charge in [0, 0.05) is 10.7 Å². The van der Waals surface area contributed by atoms with Crippen molar-refractivity contribution < 1.29 is 13.2 Å². The molecule has 1 atom stereocenters. The van der Waals surface area contributed by atoms with E-state index in [-0.39, 0.29) is 16.9 Å². The Kier molecular flexibility index (Phi) is 5.04. The van der Waals surface area contributed by atoms with Crippen LogP contribution >= 0.6 is 10.7 Å². The summed E-state index contributed by atoms with van der Waals surface area (Å²) in [4.78, 5) is 0.136. The van der Waals surface area contributed by atoms with Gasteiger partial charge in [-0.15, -0.1) is 0 Å². The molecule has 0 aliphatic carbocycles. The molecule has 0 bridgehead atoms. The van der Waals surface area contributed by atoms with E-state index in [2.05, 4.69) is 6.58 Å². The van der Waals surface area contributed by atoms with Gasteiger partial charge in [-0.1, -0.05) is 26.5 Å². The molecule has 0 fully saturated rings. The van der Waals surface area contributed by atoms with Crippen LogP contribution in [0, 0.1) is 6.92 Å². The minimum atomic E-state index is -3.74. The van der Waals surface area contributed by atoms with Crippen LogP contribution in [0.3, 0.4) is 0 Å². The first-order chi connectivity index (χ1) is 8.66. The molecule has 1 aromatic rings. The van der Waals surface area contributed by atoms with Gasteiger partial charge in [-0.05, 0) is 43.0 Å². The number of aryl methyl sites for hydroxylation is 1. The van der Waals surface area contributed by atoms with Crippen LogP contribution in [0.1, 0.15) is 37.8 Å². The zero-order valence-corrected chi connectivity index (χ0v) is 13.2. The van der Waals surface area contributed by atoms with Gasteiger partial charge < -0.3 is 4.74 Å². The van der Waals surface area contributed by atoms with Crippen LogP contribution in [0.2, 0.25) is 0 Å². The quantitative estimate of drug-likeness (QED) is 0.610. The van der Waals surface area contributed by atoms with Crippen molar-refractivity contribution in [2.24, 2.45) is 0 Å². The Morgan fingerprint density at radius 2 is 1.89 bits per heavy atom. The van der Waals surface area contributed by atoms with E-state index in [0.717, 1.165) is 5.56 Å². The van der Waals surface area contributed by atoms with Gasteiger partial charge in [0.05, 0.1) is 4.90 Å². The normalized spacial score (nSPS) is 13.4. The smallest absolute Gasteiger partial charge is 0.261 e. The molecule has 1 unspecified atom stereocenters. The second-order valence-corrected chi connectivity index (χ2v) is 7.34. The number of ether oxygens (including phenoxy) is 1. The molecule has 0 radical (unpaired) electrons. The van der Waals surface area contributed by atoms with Crippen LogP contribution < -0.4 is 4.74 Å². The van der Waals surface area contributed by atoms with Gasteiger partial charge in [0.1, 0.15) is 11.9 Å². The van der Waals surface area contributed by atoms with Gasteiger partial charge in [-0.25, -0.2) is 8.42 Å². The summed E-state index contributed by atoms with van der Waals surface area (Å²) >= 11 is 0. The third-order valence-electron chi connectivity index (χ3n) is 2.84. The summed E-state index contributed by atoms with van der Waals surface area (Å²) in [6, 6.07) is 3.30. The SMILES string of the molecule is C=CC(C)Oc1cc(C)c(S(=O)(=O)Cl)cc1C(C)C. The fraction of sp³-hybridized carbons (Fsp3) is 0.429. The van der Waals surface area contributed by atoms with E-state index in [9.17, 15) is 8.42 Å². The minimum Gasteiger partial charge on any atom is -0.486 e. The lowest BCUT2D eigenvalue weighted by atomic mass is 10.0. The Labute approximate surface area is 119 Å². The van der Waals surface area contributed by atoms with Crippen molar-refractivity contribution in [1.82, 2.24) is 0 Å². The maximum absolute atomic E-state index is 11.5. The van der Waals surface area contributed by atoms with Gasteiger partial charge in [0.2, 0.25) is 0 Å². The van der Waals surface area contributed by atoms with Gasteiger partial charge in [-0.3, -0.25) is 0 Å². The van der Waals surface area contributed by atoms with Crippen LogP contribution in [-0.4, -0.2) is 14.5 Å². The number of halogens is 1. The highest BCUT2D eigenvalue weighted by Gasteiger charge is 2.19. The maximum Gasteiger partial charge on any atom is 0.261 e. The summed E-state index contributed by atoms with van der Waals surface area (Å²) in [5, 5.41) is 0. The third kappa shape index (κ3) is 3.98. The first-order valence-corrected chi connectivity index (χ1v) is 8.36. The van der Waals surface area contributed by atoms with E-state index in [4.69, 9.17) is 15.4 Å². The minimum absolute atomic E-state index is 0.129. The lowest BCUT2D eigenvalue weighted by Gasteiger charge is -2.19. The summed E-state index contributed by atoms with van der Waals surface area (Å²) in [6.07, 6.45) is 1.54. The molecule has 0 aliphatic rings.